The molecule has 0 radical (unpaired) electrons. The molecule has 0 aliphatic carbocycles. The second-order valence-corrected chi connectivity index (χ2v) is 6.53. The van der Waals surface area contributed by atoms with E-state index in [1.165, 1.54) is 11.8 Å². The summed E-state index contributed by atoms with van der Waals surface area (Å²) in [5, 5.41) is 9.10. The number of benzene rings is 1. The number of aromatic nitrogens is 3. The van der Waals surface area contributed by atoms with Crippen LogP contribution in [0.2, 0.25) is 0 Å². The highest BCUT2D eigenvalue weighted by molar-refractivity contribution is 7.99. The Morgan fingerprint density at radius 1 is 1.25 bits per heavy atom. The predicted octanol–water partition coefficient (Wildman–Crippen LogP) is 3.52. The summed E-state index contributed by atoms with van der Waals surface area (Å²) >= 11 is 1.51. The Kier molecular flexibility index (Phi) is 4.99. The lowest BCUT2D eigenvalue weighted by Crippen LogP contribution is -2.43. The molecule has 0 N–H and O–H groups in total. The number of amides is 1. The van der Waals surface area contributed by atoms with Crippen molar-refractivity contribution in [3.05, 3.63) is 24.3 Å². The summed E-state index contributed by atoms with van der Waals surface area (Å²) in [6.07, 6.45) is 0.649. The highest BCUT2D eigenvalue weighted by Gasteiger charge is 2.33. The van der Waals surface area contributed by atoms with Crippen molar-refractivity contribution in [1.82, 2.24) is 15.2 Å². The first-order valence-electron chi connectivity index (χ1n) is 8.15. The number of carbonyl (C=O) groups is 1. The van der Waals surface area contributed by atoms with Crippen molar-refractivity contribution in [3.63, 3.8) is 0 Å². The van der Waals surface area contributed by atoms with Crippen LogP contribution in [0.25, 0.3) is 11.3 Å². The zero-order chi connectivity index (χ0) is 17.1. The molecule has 1 aliphatic rings. The van der Waals surface area contributed by atoms with E-state index in [9.17, 15) is 4.79 Å². The third-order valence-corrected chi connectivity index (χ3v) is 4.50. The number of rotatable bonds is 4. The van der Waals surface area contributed by atoms with E-state index in [1.807, 2.05) is 45.0 Å². The third-order valence-electron chi connectivity index (χ3n) is 3.78. The standard InChI is InChI=1S/C17H20N4O2S/c1-4-13(22)21-12-10-8-7-9-11(12)15-16(23-14(21)5-2)18-17(20-19-15)24-6-3/h7-10,14H,4-6H2,1-3H3. The molecule has 0 saturated carbocycles. The van der Waals surface area contributed by atoms with Crippen molar-refractivity contribution in [1.29, 1.82) is 0 Å². The summed E-state index contributed by atoms with van der Waals surface area (Å²) in [5.74, 6) is 1.30. The Hall–Kier alpha value is -2.15. The minimum absolute atomic E-state index is 0.0122. The van der Waals surface area contributed by atoms with Crippen molar-refractivity contribution in [2.24, 2.45) is 0 Å². The molecule has 0 spiro atoms. The van der Waals surface area contributed by atoms with E-state index in [0.717, 1.165) is 17.0 Å². The van der Waals surface area contributed by atoms with Crippen LogP contribution in [0, 0.1) is 0 Å². The molecule has 7 heteroatoms. The van der Waals surface area contributed by atoms with Gasteiger partial charge in [0.1, 0.15) is 0 Å². The number of fused-ring (bicyclic) bond motifs is 3. The fourth-order valence-corrected chi connectivity index (χ4v) is 3.20. The number of nitrogens with zero attached hydrogens (tertiary/aromatic N) is 4. The monoisotopic (exact) mass is 344 g/mol. The normalized spacial score (nSPS) is 16.0. The highest BCUT2D eigenvalue weighted by atomic mass is 32.2. The summed E-state index contributed by atoms with van der Waals surface area (Å²) in [7, 11) is 0. The molecule has 2 aromatic rings. The van der Waals surface area contributed by atoms with Gasteiger partial charge in [-0.2, -0.15) is 4.98 Å². The van der Waals surface area contributed by atoms with E-state index in [0.29, 0.717) is 29.6 Å². The summed E-state index contributed by atoms with van der Waals surface area (Å²) < 4.78 is 6.09. The van der Waals surface area contributed by atoms with E-state index < -0.39 is 6.23 Å². The molecule has 3 rings (SSSR count). The van der Waals surface area contributed by atoms with Gasteiger partial charge in [0.05, 0.1) is 5.69 Å². The van der Waals surface area contributed by atoms with Crippen LogP contribution in [0.3, 0.4) is 0 Å². The molecule has 126 valence electrons. The first-order chi connectivity index (χ1) is 11.7. The Labute approximate surface area is 145 Å². The first-order valence-corrected chi connectivity index (χ1v) is 9.13. The summed E-state index contributed by atoms with van der Waals surface area (Å²) in [4.78, 5) is 18.8. The Bertz CT molecular complexity index is 753. The summed E-state index contributed by atoms with van der Waals surface area (Å²) in [6, 6.07) is 7.67. The summed E-state index contributed by atoms with van der Waals surface area (Å²) in [6.45, 7) is 5.88. The molecule has 0 fully saturated rings. The Balaban J connectivity index is 2.18. The van der Waals surface area contributed by atoms with Crippen molar-refractivity contribution >= 4 is 23.4 Å². The number of thioether (sulfide) groups is 1. The lowest BCUT2D eigenvalue weighted by atomic mass is 10.1. The molecule has 0 bridgehead atoms. The number of ether oxygens (including phenoxy) is 1. The molecule has 1 unspecified atom stereocenters. The Morgan fingerprint density at radius 2 is 2.04 bits per heavy atom. The molecular formula is C17H20N4O2S. The van der Waals surface area contributed by atoms with Gasteiger partial charge in [0.25, 0.3) is 0 Å². The van der Waals surface area contributed by atoms with Gasteiger partial charge in [-0.05, 0) is 11.8 Å². The van der Waals surface area contributed by atoms with Gasteiger partial charge in [0, 0.05) is 18.4 Å². The van der Waals surface area contributed by atoms with Gasteiger partial charge >= 0.3 is 0 Å². The van der Waals surface area contributed by atoms with Crippen LogP contribution in [0.5, 0.6) is 5.88 Å². The molecule has 1 atom stereocenters. The topological polar surface area (TPSA) is 68.2 Å². The van der Waals surface area contributed by atoms with E-state index >= 15 is 0 Å². The highest BCUT2D eigenvalue weighted by Crippen LogP contribution is 2.39. The SMILES string of the molecule is CCSc1nnc2c(n1)OC(CC)N(C(=O)CC)c1ccccc1-2. The van der Waals surface area contributed by atoms with Crippen LogP contribution in [0.15, 0.2) is 29.4 Å². The minimum Gasteiger partial charge on any atom is -0.451 e. The number of anilines is 1. The molecular weight excluding hydrogens is 324 g/mol. The maximum Gasteiger partial charge on any atom is 0.247 e. The van der Waals surface area contributed by atoms with Gasteiger partial charge in [-0.3, -0.25) is 9.69 Å². The fourth-order valence-electron chi connectivity index (χ4n) is 2.69. The van der Waals surface area contributed by atoms with E-state index in [1.54, 1.807) is 4.90 Å². The van der Waals surface area contributed by atoms with Crippen LogP contribution < -0.4 is 9.64 Å². The van der Waals surface area contributed by atoms with Crippen LogP contribution >= 0.6 is 11.8 Å². The van der Waals surface area contributed by atoms with E-state index in [4.69, 9.17) is 4.74 Å². The molecule has 24 heavy (non-hydrogen) atoms. The predicted molar refractivity (Wildman–Crippen MR) is 94.1 cm³/mol. The van der Waals surface area contributed by atoms with Gasteiger partial charge in [-0.1, -0.05) is 50.7 Å². The molecule has 0 saturated heterocycles. The second kappa shape index (κ2) is 7.17. The maximum absolute atomic E-state index is 12.6. The van der Waals surface area contributed by atoms with Gasteiger partial charge < -0.3 is 4.74 Å². The molecule has 1 amide bonds. The zero-order valence-electron chi connectivity index (χ0n) is 14.0. The average Bonchev–Trinajstić information content (AvgIpc) is 2.75. The first kappa shape index (κ1) is 16.7. The summed E-state index contributed by atoms with van der Waals surface area (Å²) in [5.41, 5.74) is 2.19. The maximum atomic E-state index is 12.6. The van der Waals surface area contributed by atoms with Gasteiger partial charge in [-0.25, -0.2) is 0 Å². The van der Waals surface area contributed by atoms with E-state index in [-0.39, 0.29) is 5.91 Å². The van der Waals surface area contributed by atoms with Gasteiger partial charge in [-0.15, -0.1) is 10.2 Å². The smallest absolute Gasteiger partial charge is 0.247 e. The van der Waals surface area contributed by atoms with Crippen molar-refractivity contribution < 1.29 is 9.53 Å². The van der Waals surface area contributed by atoms with Gasteiger partial charge in [0.2, 0.25) is 16.9 Å². The number of para-hydroxylation sites is 1. The van der Waals surface area contributed by atoms with Crippen LogP contribution in [-0.2, 0) is 4.79 Å². The fraction of sp³-hybridized carbons (Fsp3) is 0.412. The Morgan fingerprint density at radius 3 is 2.75 bits per heavy atom. The van der Waals surface area contributed by atoms with Crippen molar-refractivity contribution in [2.75, 3.05) is 10.7 Å². The second-order valence-electron chi connectivity index (χ2n) is 5.30. The lowest BCUT2D eigenvalue weighted by molar-refractivity contribution is -0.120. The number of hydrogen-bond acceptors (Lipinski definition) is 6. The number of carbonyl (C=O) groups excluding carboxylic acids is 1. The van der Waals surface area contributed by atoms with E-state index in [2.05, 4.69) is 15.2 Å². The van der Waals surface area contributed by atoms with Crippen molar-refractivity contribution in [2.45, 2.75) is 45.0 Å². The zero-order valence-corrected chi connectivity index (χ0v) is 14.8. The van der Waals surface area contributed by atoms with Gasteiger partial charge in [0.15, 0.2) is 11.9 Å². The number of hydrogen-bond donors (Lipinski definition) is 0. The van der Waals surface area contributed by atoms with Crippen LogP contribution in [-0.4, -0.2) is 33.1 Å². The quantitative estimate of drug-likeness (QED) is 0.791. The van der Waals surface area contributed by atoms with Crippen molar-refractivity contribution in [3.8, 4) is 17.1 Å². The minimum atomic E-state index is -0.406. The largest absolute Gasteiger partial charge is 0.451 e. The average molecular weight is 344 g/mol. The molecule has 6 nitrogen and oxygen atoms in total. The lowest BCUT2D eigenvalue weighted by Gasteiger charge is -2.29. The molecule has 1 aromatic heterocycles. The van der Waals surface area contributed by atoms with Crippen LogP contribution in [0.4, 0.5) is 5.69 Å². The molecule has 1 aliphatic heterocycles. The molecule has 2 heterocycles. The van der Waals surface area contributed by atoms with Crippen LogP contribution in [0.1, 0.15) is 33.6 Å². The molecule has 1 aromatic carbocycles. The third kappa shape index (κ3) is 2.96.